The monoisotopic (exact) mass is 272 g/mol. The first-order chi connectivity index (χ1) is 9.80. The number of aromatic nitrogens is 1. The summed E-state index contributed by atoms with van der Waals surface area (Å²) in [4.78, 5) is 0. The summed E-state index contributed by atoms with van der Waals surface area (Å²) in [5.41, 5.74) is 2.78. The van der Waals surface area contributed by atoms with Crippen molar-refractivity contribution < 1.29 is 0 Å². The topological polar surface area (TPSA) is 17.0 Å². The van der Waals surface area contributed by atoms with Gasteiger partial charge in [-0.1, -0.05) is 45.2 Å². The Kier molecular flexibility index (Phi) is 5.66. The van der Waals surface area contributed by atoms with E-state index in [1.807, 2.05) is 7.05 Å². The summed E-state index contributed by atoms with van der Waals surface area (Å²) < 4.78 is 2.44. The summed E-state index contributed by atoms with van der Waals surface area (Å²) in [5.74, 6) is 0.804. The van der Waals surface area contributed by atoms with Gasteiger partial charge in [0.1, 0.15) is 0 Å². The van der Waals surface area contributed by atoms with Gasteiger partial charge in [-0.3, -0.25) is 0 Å². The zero-order valence-corrected chi connectivity index (χ0v) is 13.2. The van der Waals surface area contributed by atoms with Gasteiger partial charge in [-0.05, 0) is 37.1 Å². The predicted octanol–water partition coefficient (Wildman–Crippen LogP) is 4.58. The lowest BCUT2D eigenvalue weighted by Crippen LogP contribution is -2.09. The molecule has 1 atom stereocenters. The van der Waals surface area contributed by atoms with Crippen molar-refractivity contribution in [3.8, 4) is 0 Å². The Hall–Kier alpha value is -1.28. The van der Waals surface area contributed by atoms with Crippen molar-refractivity contribution in [2.24, 2.45) is 5.92 Å². The van der Waals surface area contributed by atoms with E-state index in [9.17, 15) is 0 Å². The molecule has 1 aromatic carbocycles. The van der Waals surface area contributed by atoms with Crippen molar-refractivity contribution >= 4 is 10.9 Å². The van der Waals surface area contributed by atoms with Gasteiger partial charge in [0.15, 0.2) is 0 Å². The molecule has 2 heteroatoms. The lowest BCUT2D eigenvalue weighted by molar-refractivity contribution is 0.396. The van der Waals surface area contributed by atoms with E-state index in [1.54, 1.807) is 0 Å². The smallest absolute Gasteiger partial charge is 0.0483 e. The first-order valence-corrected chi connectivity index (χ1v) is 8.01. The molecule has 0 bridgehead atoms. The number of hydrogen-bond acceptors (Lipinski definition) is 1. The van der Waals surface area contributed by atoms with Crippen LogP contribution in [0.5, 0.6) is 0 Å². The van der Waals surface area contributed by atoms with Gasteiger partial charge in [0.05, 0.1) is 0 Å². The quantitative estimate of drug-likeness (QED) is 0.744. The SMILES string of the molecule is CCCCC(CC)Cn1ccc2c(CNC)cccc21. The molecule has 1 heterocycles. The van der Waals surface area contributed by atoms with E-state index in [-0.39, 0.29) is 0 Å². The molecule has 2 nitrogen and oxygen atoms in total. The molecule has 1 aromatic heterocycles. The van der Waals surface area contributed by atoms with Crippen LogP contribution >= 0.6 is 0 Å². The Bertz CT molecular complexity index is 527. The van der Waals surface area contributed by atoms with Gasteiger partial charge >= 0.3 is 0 Å². The highest BCUT2D eigenvalue weighted by Crippen LogP contribution is 2.23. The lowest BCUT2D eigenvalue weighted by atomic mass is 9.99. The summed E-state index contributed by atoms with van der Waals surface area (Å²) in [6.07, 6.45) is 7.54. The van der Waals surface area contributed by atoms with Crippen molar-refractivity contribution in [2.45, 2.75) is 52.6 Å². The molecule has 2 aromatic rings. The molecule has 20 heavy (non-hydrogen) atoms. The van der Waals surface area contributed by atoms with Crippen LogP contribution in [0.4, 0.5) is 0 Å². The zero-order chi connectivity index (χ0) is 14.4. The minimum Gasteiger partial charge on any atom is -0.347 e. The van der Waals surface area contributed by atoms with E-state index in [0.29, 0.717) is 0 Å². The van der Waals surface area contributed by atoms with Gasteiger partial charge in [-0.25, -0.2) is 0 Å². The maximum atomic E-state index is 3.26. The van der Waals surface area contributed by atoms with Crippen LogP contribution < -0.4 is 5.32 Å². The first kappa shape index (κ1) is 15.1. The predicted molar refractivity (Wildman–Crippen MR) is 88.0 cm³/mol. The van der Waals surface area contributed by atoms with Gasteiger partial charge in [0.2, 0.25) is 0 Å². The molecule has 0 aliphatic heterocycles. The fourth-order valence-corrected chi connectivity index (χ4v) is 2.99. The Labute approximate surface area is 123 Å². The lowest BCUT2D eigenvalue weighted by Gasteiger charge is -2.16. The minimum atomic E-state index is 0.804. The fraction of sp³-hybridized carbons (Fsp3) is 0.556. The van der Waals surface area contributed by atoms with Crippen LogP contribution in [0.1, 0.15) is 45.1 Å². The second-order valence-corrected chi connectivity index (χ2v) is 5.76. The molecule has 2 rings (SSSR count). The third kappa shape index (κ3) is 3.43. The highest BCUT2D eigenvalue weighted by molar-refractivity contribution is 5.83. The van der Waals surface area contributed by atoms with Crippen LogP contribution in [-0.4, -0.2) is 11.6 Å². The molecule has 1 unspecified atom stereocenters. The molecule has 0 aliphatic rings. The molecule has 0 aliphatic carbocycles. The van der Waals surface area contributed by atoms with Crippen LogP contribution in [-0.2, 0) is 13.1 Å². The molecule has 110 valence electrons. The number of hydrogen-bond donors (Lipinski definition) is 1. The average Bonchev–Trinajstić information content (AvgIpc) is 2.88. The third-order valence-electron chi connectivity index (χ3n) is 4.27. The molecule has 0 fully saturated rings. The second kappa shape index (κ2) is 7.49. The highest BCUT2D eigenvalue weighted by atomic mass is 15.0. The van der Waals surface area contributed by atoms with Crippen molar-refractivity contribution in [1.82, 2.24) is 9.88 Å². The van der Waals surface area contributed by atoms with Crippen molar-refractivity contribution in [2.75, 3.05) is 7.05 Å². The molecular weight excluding hydrogens is 244 g/mol. The first-order valence-electron chi connectivity index (χ1n) is 8.01. The van der Waals surface area contributed by atoms with Crippen LogP contribution in [0.25, 0.3) is 10.9 Å². The number of fused-ring (bicyclic) bond motifs is 1. The molecule has 0 saturated heterocycles. The maximum absolute atomic E-state index is 3.26. The standard InChI is InChI=1S/C18H28N2/c1-4-6-8-15(5-2)14-20-12-11-17-16(13-19-3)9-7-10-18(17)20/h7,9-12,15,19H,4-6,8,13-14H2,1-3H3. The number of rotatable bonds is 8. The van der Waals surface area contributed by atoms with Crippen molar-refractivity contribution in [3.63, 3.8) is 0 Å². The molecule has 0 amide bonds. The molecule has 0 saturated carbocycles. The van der Waals surface area contributed by atoms with E-state index in [4.69, 9.17) is 0 Å². The Morgan fingerprint density at radius 3 is 2.75 bits per heavy atom. The van der Waals surface area contributed by atoms with Crippen molar-refractivity contribution in [3.05, 3.63) is 36.0 Å². The number of unbranched alkanes of at least 4 members (excludes halogenated alkanes) is 1. The molecular formula is C18H28N2. The summed E-state index contributed by atoms with van der Waals surface area (Å²) in [7, 11) is 2.01. The average molecular weight is 272 g/mol. The van der Waals surface area contributed by atoms with Crippen LogP contribution in [0, 0.1) is 5.92 Å². The number of nitrogens with zero attached hydrogens (tertiary/aromatic N) is 1. The maximum Gasteiger partial charge on any atom is 0.0483 e. The molecule has 1 N–H and O–H groups in total. The fourth-order valence-electron chi connectivity index (χ4n) is 2.99. The van der Waals surface area contributed by atoms with Crippen LogP contribution in [0.2, 0.25) is 0 Å². The third-order valence-corrected chi connectivity index (χ3v) is 4.27. The largest absolute Gasteiger partial charge is 0.347 e. The Morgan fingerprint density at radius 2 is 2.05 bits per heavy atom. The van der Waals surface area contributed by atoms with E-state index in [1.165, 1.54) is 42.1 Å². The second-order valence-electron chi connectivity index (χ2n) is 5.76. The minimum absolute atomic E-state index is 0.804. The van der Waals surface area contributed by atoms with Crippen LogP contribution in [0.3, 0.4) is 0 Å². The van der Waals surface area contributed by atoms with Crippen molar-refractivity contribution in [1.29, 1.82) is 0 Å². The summed E-state index contributed by atoms with van der Waals surface area (Å²) in [6.45, 7) is 6.69. The zero-order valence-electron chi connectivity index (χ0n) is 13.2. The summed E-state index contributed by atoms with van der Waals surface area (Å²) in [6, 6.07) is 8.92. The highest BCUT2D eigenvalue weighted by Gasteiger charge is 2.10. The van der Waals surface area contributed by atoms with E-state index in [2.05, 4.69) is 54.2 Å². The molecule has 0 spiro atoms. The van der Waals surface area contributed by atoms with E-state index in [0.717, 1.165) is 19.0 Å². The van der Waals surface area contributed by atoms with Gasteiger partial charge in [-0.2, -0.15) is 0 Å². The van der Waals surface area contributed by atoms with E-state index >= 15 is 0 Å². The van der Waals surface area contributed by atoms with Gasteiger partial charge in [0.25, 0.3) is 0 Å². The van der Waals surface area contributed by atoms with Crippen LogP contribution in [0.15, 0.2) is 30.5 Å². The number of nitrogens with one attached hydrogen (secondary N) is 1. The Balaban J connectivity index is 2.20. The van der Waals surface area contributed by atoms with Gasteiger partial charge in [0, 0.05) is 30.2 Å². The van der Waals surface area contributed by atoms with Gasteiger partial charge < -0.3 is 9.88 Å². The molecule has 0 radical (unpaired) electrons. The normalized spacial score (nSPS) is 12.9. The number of benzene rings is 1. The summed E-state index contributed by atoms with van der Waals surface area (Å²) in [5, 5.41) is 4.65. The Morgan fingerprint density at radius 1 is 1.20 bits per heavy atom. The summed E-state index contributed by atoms with van der Waals surface area (Å²) >= 11 is 0. The van der Waals surface area contributed by atoms with Gasteiger partial charge in [-0.15, -0.1) is 0 Å². The van der Waals surface area contributed by atoms with E-state index < -0.39 is 0 Å².